The predicted octanol–water partition coefficient (Wildman–Crippen LogP) is 0.0962. The maximum absolute atomic E-state index is 11.2. The Labute approximate surface area is 97.7 Å². The van der Waals surface area contributed by atoms with Crippen molar-refractivity contribution in [3.05, 3.63) is 42.1 Å². The summed E-state index contributed by atoms with van der Waals surface area (Å²) in [7, 11) is 0. The molecule has 0 aromatic carbocycles. The quantitative estimate of drug-likeness (QED) is 0.775. The van der Waals surface area contributed by atoms with Crippen LogP contribution < -0.4 is 11.5 Å². The summed E-state index contributed by atoms with van der Waals surface area (Å²) in [5.74, 6) is -0.631. The van der Waals surface area contributed by atoms with Gasteiger partial charge in [-0.15, -0.1) is 0 Å². The van der Waals surface area contributed by atoms with Crippen LogP contribution in [0.3, 0.4) is 0 Å². The van der Waals surface area contributed by atoms with Gasteiger partial charge < -0.3 is 11.5 Å². The highest BCUT2D eigenvalue weighted by atomic mass is 16.1. The first-order valence-electron chi connectivity index (χ1n) is 4.98. The van der Waals surface area contributed by atoms with Crippen molar-refractivity contribution < 1.29 is 4.79 Å². The van der Waals surface area contributed by atoms with Gasteiger partial charge in [-0.05, 0) is 12.1 Å². The Morgan fingerprint density at radius 2 is 2.00 bits per heavy atom. The van der Waals surface area contributed by atoms with E-state index in [-0.39, 0.29) is 12.2 Å². The van der Waals surface area contributed by atoms with Gasteiger partial charge in [0.25, 0.3) is 5.91 Å². The summed E-state index contributed by atoms with van der Waals surface area (Å²) in [5.41, 5.74) is 12.6. The molecule has 2 aromatic heterocycles. The van der Waals surface area contributed by atoms with Crippen LogP contribution in [0.1, 0.15) is 16.2 Å². The summed E-state index contributed by atoms with van der Waals surface area (Å²) in [6, 6.07) is 3.55. The van der Waals surface area contributed by atoms with Gasteiger partial charge in [-0.2, -0.15) is 0 Å². The third kappa shape index (κ3) is 2.26. The molecule has 1 amide bonds. The molecule has 4 N–H and O–H groups in total. The maximum Gasteiger partial charge on any atom is 0.269 e. The molecule has 2 aromatic rings. The summed E-state index contributed by atoms with van der Waals surface area (Å²) < 4.78 is 0. The number of rotatable bonds is 3. The van der Waals surface area contributed by atoms with E-state index in [1.165, 1.54) is 0 Å². The lowest BCUT2D eigenvalue weighted by Gasteiger charge is -2.05. The largest absolute Gasteiger partial charge is 0.364 e. The molecule has 0 aliphatic rings. The first-order chi connectivity index (χ1) is 8.22. The monoisotopic (exact) mass is 229 g/mol. The number of carbonyl (C=O) groups is 1. The number of amides is 1. The summed E-state index contributed by atoms with van der Waals surface area (Å²) in [6.07, 6.45) is 4.83. The number of hydrogen-bond donors (Lipinski definition) is 2. The zero-order valence-electron chi connectivity index (χ0n) is 9.00. The molecule has 0 fully saturated rings. The summed E-state index contributed by atoms with van der Waals surface area (Å²) in [4.78, 5) is 23.4. The zero-order chi connectivity index (χ0) is 12.3. The summed E-state index contributed by atoms with van der Waals surface area (Å²) in [6.45, 7) is 0.127. The van der Waals surface area contributed by atoms with Crippen molar-refractivity contribution in [3.8, 4) is 11.3 Å². The molecule has 17 heavy (non-hydrogen) atoms. The number of nitrogens with two attached hydrogens (primary N) is 2. The van der Waals surface area contributed by atoms with Crippen LogP contribution in [0.5, 0.6) is 0 Å². The van der Waals surface area contributed by atoms with E-state index in [0.29, 0.717) is 11.4 Å². The molecule has 0 bridgehead atoms. The lowest BCUT2D eigenvalue weighted by molar-refractivity contribution is 0.0994. The van der Waals surface area contributed by atoms with Crippen molar-refractivity contribution in [2.45, 2.75) is 6.54 Å². The van der Waals surface area contributed by atoms with Crippen LogP contribution in [0, 0.1) is 0 Å². The Morgan fingerprint density at radius 3 is 2.59 bits per heavy atom. The van der Waals surface area contributed by atoms with Gasteiger partial charge in [0.1, 0.15) is 0 Å². The molecule has 0 aliphatic heterocycles. The van der Waals surface area contributed by atoms with Crippen molar-refractivity contribution in [2.75, 3.05) is 0 Å². The first-order valence-corrected chi connectivity index (χ1v) is 4.98. The molecule has 0 atom stereocenters. The predicted molar refractivity (Wildman–Crippen MR) is 61.7 cm³/mol. The van der Waals surface area contributed by atoms with Crippen molar-refractivity contribution >= 4 is 5.91 Å². The van der Waals surface area contributed by atoms with E-state index in [9.17, 15) is 4.79 Å². The molecular weight excluding hydrogens is 218 g/mol. The second-order valence-electron chi connectivity index (χ2n) is 3.35. The summed E-state index contributed by atoms with van der Waals surface area (Å²) >= 11 is 0. The van der Waals surface area contributed by atoms with E-state index < -0.39 is 5.91 Å². The van der Waals surface area contributed by atoms with E-state index >= 15 is 0 Å². The highest BCUT2D eigenvalue weighted by molar-refractivity contribution is 5.92. The van der Waals surface area contributed by atoms with E-state index in [1.54, 1.807) is 30.7 Å². The molecule has 0 radical (unpaired) electrons. The fourth-order valence-electron chi connectivity index (χ4n) is 1.42. The number of primary amides is 1. The minimum atomic E-state index is -0.631. The van der Waals surface area contributed by atoms with Crippen molar-refractivity contribution in [1.29, 1.82) is 0 Å². The maximum atomic E-state index is 11.2. The fourth-order valence-corrected chi connectivity index (χ4v) is 1.42. The van der Waals surface area contributed by atoms with Crippen molar-refractivity contribution in [3.63, 3.8) is 0 Å². The Morgan fingerprint density at radius 1 is 1.29 bits per heavy atom. The van der Waals surface area contributed by atoms with Crippen LogP contribution in [-0.2, 0) is 6.54 Å². The molecule has 2 rings (SSSR count). The number of aromatic nitrogens is 3. The van der Waals surface area contributed by atoms with Crippen LogP contribution in [0.4, 0.5) is 0 Å². The molecule has 0 unspecified atom stereocenters. The molecule has 86 valence electrons. The number of carbonyl (C=O) groups excluding carboxylic acids is 1. The molecule has 2 heterocycles. The Balaban J connectivity index is 2.51. The van der Waals surface area contributed by atoms with Crippen LogP contribution in [0.2, 0.25) is 0 Å². The van der Waals surface area contributed by atoms with E-state index in [2.05, 4.69) is 15.0 Å². The zero-order valence-corrected chi connectivity index (χ0v) is 9.00. The average Bonchev–Trinajstić information content (AvgIpc) is 2.39. The highest BCUT2D eigenvalue weighted by Gasteiger charge is 2.12. The first kappa shape index (κ1) is 11.2. The van der Waals surface area contributed by atoms with E-state index in [4.69, 9.17) is 11.5 Å². The topological polar surface area (TPSA) is 108 Å². The Hall–Kier alpha value is -2.34. The second kappa shape index (κ2) is 4.67. The lowest BCUT2D eigenvalue weighted by Crippen LogP contribution is -2.19. The van der Waals surface area contributed by atoms with Crippen molar-refractivity contribution in [1.82, 2.24) is 15.0 Å². The highest BCUT2D eigenvalue weighted by Crippen LogP contribution is 2.16. The molecule has 0 spiro atoms. The second-order valence-corrected chi connectivity index (χ2v) is 3.35. The third-order valence-corrected chi connectivity index (χ3v) is 2.25. The van der Waals surface area contributed by atoms with Gasteiger partial charge in [0, 0.05) is 24.5 Å². The third-order valence-electron chi connectivity index (χ3n) is 2.25. The average molecular weight is 229 g/mol. The number of pyridine rings is 1. The lowest BCUT2D eigenvalue weighted by atomic mass is 10.2. The number of hydrogen-bond acceptors (Lipinski definition) is 5. The Kier molecular flexibility index (Phi) is 3.06. The molecule has 0 saturated carbocycles. The van der Waals surface area contributed by atoms with Gasteiger partial charge in [0.15, 0.2) is 5.69 Å². The molecule has 6 nitrogen and oxygen atoms in total. The standard InChI is InChI=1S/C11H11N5O/c12-5-8-10(11(13)17)16-9(6-15-8)7-1-3-14-4-2-7/h1-4,6H,5,12H2,(H2,13,17). The minimum absolute atomic E-state index is 0.113. The van der Waals surface area contributed by atoms with E-state index in [0.717, 1.165) is 5.56 Å². The fraction of sp³-hybridized carbons (Fsp3) is 0.0909. The van der Waals surface area contributed by atoms with Crippen LogP contribution in [0.25, 0.3) is 11.3 Å². The SMILES string of the molecule is NCc1ncc(-c2ccncc2)nc1C(N)=O. The smallest absolute Gasteiger partial charge is 0.269 e. The van der Waals surface area contributed by atoms with E-state index in [1.807, 2.05) is 0 Å². The van der Waals surface area contributed by atoms with Gasteiger partial charge in [0.05, 0.1) is 17.6 Å². The van der Waals surface area contributed by atoms with Crippen molar-refractivity contribution in [2.24, 2.45) is 11.5 Å². The summed E-state index contributed by atoms with van der Waals surface area (Å²) in [5, 5.41) is 0. The molecule has 0 saturated heterocycles. The molecular formula is C11H11N5O. The van der Waals surface area contributed by atoms with Crippen LogP contribution in [-0.4, -0.2) is 20.9 Å². The van der Waals surface area contributed by atoms with Crippen LogP contribution in [0.15, 0.2) is 30.7 Å². The van der Waals surface area contributed by atoms with Gasteiger partial charge in [0.2, 0.25) is 0 Å². The van der Waals surface area contributed by atoms with Gasteiger partial charge in [-0.1, -0.05) is 0 Å². The molecule has 6 heteroatoms. The van der Waals surface area contributed by atoms with Crippen LogP contribution >= 0.6 is 0 Å². The number of nitrogens with zero attached hydrogens (tertiary/aromatic N) is 3. The van der Waals surface area contributed by atoms with Gasteiger partial charge in [-0.3, -0.25) is 14.8 Å². The molecule has 0 aliphatic carbocycles. The van der Waals surface area contributed by atoms with Gasteiger partial charge in [-0.25, -0.2) is 4.98 Å². The van der Waals surface area contributed by atoms with Gasteiger partial charge >= 0.3 is 0 Å². The minimum Gasteiger partial charge on any atom is -0.364 e. The normalized spacial score (nSPS) is 10.2. The Bertz CT molecular complexity index is 541.